The fourth-order valence-electron chi connectivity index (χ4n) is 3.53. The summed E-state index contributed by atoms with van der Waals surface area (Å²) < 4.78 is 5.82. The zero-order valence-corrected chi connectivity index (χ0v) is 18.0. The Kier molecular flexibility index (Phi) is 5.91. The van der Waals surface area contributed by atoms with Crippen molar-refractivity contribution in [1.82, 2.24) is 19.9 Å². The molecule has 0 fully saturated rings. The molecule has 9 heteroatoms. The summed E-state index contributed by atoms with van der Waals surface area (Å²) in [7, 11) is 0. The van der Waals surface area contributed by atoms with E-state index in [-0.39, 0.29) is 24.2 Å². The number of pyridine rings is 3. The van der Waals surface area contributed by atoms with Gasteiger partial charge in [0.15, 0.2) is 5.58 Å². The van der Waals surface area contributed by atoms with Crippen LogP contribution in [0.25, 0.3) is 33.5 Å². The number of carbonyl (C=O) groups excluding carboxylic acids is 1. The van der Waals surface area contributed by atoms with Gasteiger partial charge in [-0.25, -0.2) is 4.98 Å². The van der Waals surface area contributed by atoms with Gasteiger partial charge in [-0.05, 0) is 48.0 Å². The van der Waals surface area contributed by atoms with Gasteiger partial charge in [-0.1, -0.05) is 6.07 Å². The van der Waals surface area contributed by atoms with Crippen molar-refractivity contribution in [3.05, 3.63) is 85.1 Å². The molecule has 1 amide bonds. The molecule has 4 heterocycles. The topological polar surface area (TPSA) is 126 Å². The number of oxazole rings is 1. The third kappa shape index (κ3) is 4.45. The first-order valence-corrected chi connectivity index (χ1v) is 10.6. The van der Waals surface area contributed by atoms with Gasteiger partial charge in [0.05, 0.1) is 12.3 Å². The lowest BCUT2D eigenvalue weighted by Gasteiger charge is -2.09. The zero-order valence-electron chi connectivity index (χ0n) is 18.0. The first-order chi connectivity index (χ1) is 16.7. The molecule has 9 nitrogen and oxygen atoms in total. The number of aliphatic hydroxyl groups excluding tert-OH is 1. The highest BCUT2D eigenvalue weighted by molar-refractivity contribution is 6.05. The van der Waals surface area contributed by atoms with E-state index in [0.29, 0.717) is 29.0 Å². The standard InChI is InChI=1S/C25H20N6O3/c32-13-12-28-25-31-23-19(16-4-8-26-9-5-16)14-18(15-22(23)34-25)29-24(33)21-3-1-2-20(30-21)17-6-10-27-11-7-17/h1-11,14-15,32H,12-13H2,(H,28,31)(H,29,33). The Bertz CT molecular complexity index is 1440. The largest absolute Gasteiger partial charge is 0.423 e. The SMILES string of the molecule is O=C(Nc1cc(-c2ccncc2)c2nc(NCCO)oc2c1)c1cccc(-c2ccncc2)n1. The summed E-state index contributed by atoms with van der Waals surface area (Å²) >= 11 is 0. The average molecular weight is 452 g/mol. The highest BCUT2D eigenvalue weighted by Gasteiger charge is 2.16. The molecule has 0 bridgehead atoms. The molecule has 0 aliphatic carbocycles. The van der Waals surface area contributed by atoms with Gasteiger partial charge in [0.25, 0.3) is 11.9 Å². The van der Waals surface area contributed by atoms with E-state index in [4.69, 9.17) is 9.52 Å². The van der Waals surface area contributed by atoms with Crippen molar-refractivity contribution in [2.24, 2.45) is 0 Å². The average Bonchev–Trinajstić information content (AvgIpc) is 3.31. The van der Waals surface area contributed by atoms with Crippen molar-refractivity contribution in [1.29, 1.82) is 0 Å². The van der Waals surface area contributed by atoms with E-state index < -0.39 is 0 Å². The van der Waals surface area contributed by atoms with Crippen LogP contribution in [0.2, 0.25) is 0 Å². The van der Waals surface area contributed by atoms with Crippen LogP contribution < -0.4 is 10.6 Å². The van der Waals surface area contributed by atoms with E-state index in [1.807, 2.05) is 36.4 Å². The smallest absolute Gasteiger partial charge is 0.295 e. The number of anilines is 2. The summed E-state index contributed by atoms with van der Waals surface area (Å²) in [5, 5.41) is 14.9. The number of aromatic nitrogens is 4. The minimum absolute atomic E-state index is 0.0528. The Morgan fingerprint density at radius 3 is 2.38 bits per heavy atom. The maximum Gasteiger partial charge on any atom is 0.295 e. The predicted octanol–water partition coefficient (Wildman–Crippen LogP) is 4.00. The maximum atomic E-state index is 13.0. The summed E-state index contributed by atoms with van der Waals surface area (Å²) in [5.41, 5.74) is 5.12. The van der Waals surface area contributed by atoms with Crippen molar-refractivity contribution in [3.63, 3.8) is 0 Å². The number of carbonyl (C=O) groups is 1. The number of nitrogens with zero attached hydrogens (tertiary/aromatic N) is 4. The number of hydrogen-bond donors (Lipinski definition) is 3. The Labute approximate surface area is 194 Å². The minimum Gasteiger partial charge on any atom is -0.423 e. The van der Waals surface area contributed by atoms with Gasteiger partial charge >= 0.3 is 0 Å². The fourth-order valence-corrected chi connectivity index (χ4v) is 3.53. The lowest BCUT2D eigenvalue weighted by Crippen LogP contribution is -2.14. The summed E-state index contributed by atoms with van der Waals surface area (Å²) in [6.07, 6.45) is 6.74. The molecule has 3 N–H and O–H groups in total. The van der Waals surface area contributed by atoms with Crippen molar-refractivity contribution in [3.8, 4) is 22.4 Å². The first kappa shape index (κ1) is 21.2. The van der Waals surface area contributed by atoms with Crippen molar-refractivity contribution in [2.45, 2.75) is 0 Å². The molecule has 34 heavy (non-hydrogen) atoms. The van der Waals surface area contributed by atoms with E-state index >= 15 is 0 Å². The number of nitrogens with one attached hydrogen (secondary N) is 2. The normalized spacial score (nSPS) is 10.9. The monoisotopic (exact) mass is 452 g/mol. The Morgan fingerprint density at radius 2 is 1.65 bits per heavy atom. The number of aliphatic hydroxyl groups is 1. The second-order valence-corrected chi connectivity index (χ2v) is 7.37. The summed E-state index contributed by atoms with van der Waals surface area (Å²) in [6.45, 7) is 0.253. The molecule has 0 spiro atoms. The number of hydrogen-bond acceptors (Lipinski definition) is 8. The van der Waals surface area contributed by atoms with Crippen LogP contribution in [0.15, 0.2) is 83.8 Å². The fraction of sp³-hybridized carbons (Fsp3) is 0.0800. The number of amides is 1. The molecular weight excluding hydrogens is 432 g/mol. The molecule has 168 valence electrons. The summed E-state index contributed by atoms with van der Waals surface area (Å²) in [6, 6.07) is 16.5. The highest BCUT2D eigenvalue weighted by atomic mass is 16.4. The van der Waals surface area contributed by atoms with Crippen molar-refractivity contribution in [2.75, 3.05) is 23.8 Å². The molecule has 5 rings (SSSR count). The van der Waals surface area contributed by atoms with Gasteiger partial charge in [-0.15, -0.1) is 0 Å². The molecule has 4 aromatic heterocycles. The van der Waals surface area contributed by atoms with E-state index in [2.05, 4.69) is 30.6 Å². The van der Waals surface area contributed by atoms with E-state index in [1.165, 1.54) is 0 Å². The summed E-state index contributed by atoms with van der Waals surface area (Å²) in [5.74, 6) is -0.353. The van der Waals surface area contributed by atoms with Crippen molar-refractivity contribution < 1.29 is 14.3 Å². The van der Waals surface area contributed by atoms with Crippen LogP contribution in [0.3, 0.4) is 0 Å². The van der Waals surface area contributed by atoms with Gasteiger partial charge < -0.3 is 20.2 Å². The van der Waals surface area contributed by atoms with Crippen LogP contribution in [-0.4, -0.2) is 44.1 Å². The molecule has 5 aromatic rings. The molecule has 0 unspecified atom stereocenters. The summed E-state index contributed by atoms with van der Waals surface area (Å²) in [4.78, 5) is 30.2. The van der Waals surface area contributed by atoms with Gasteiger partial charge in [-0.2, -0.15) is 4.98 Å². The lowest BCUT2D eigenvalue weighted by atomic mass is 10.0. The van der Waals surface area contributed by atoms with Gasteiger partial charge in [-0.3, -0.25) is 14.8 Å². The highest BCUT2D eigenvalue weighted by Crippen LogP contribution is 2.33. The predicted molar refractivity (Wildman–Crippen MR) is 128 cm³/mol. The Hall–Kier alpha value is -4.63. The lowest BCUT2D eigenvalue weighted by molar-refractivity contribution is 0.102. The number of rotatable bonds is 7. The second-order valence-electron chi connectivity index (χ2n) is 7.37. The third-order valence-corrected chi connectivity index (χ3v) is 5.09. The van der Waals surface area contributed by atoms with E-state index in [0.717, 1.165) is 16.7 Å². The third-order valence-electron chi connectivity index (χ3n) is 5.09. The number of fused-ring (bicyclic) bond motifs is 1. The molecule has 0 aliphatic heterocycles. The van der Waals surface area contributed by atoms with Crippen LogP contribution >= 0.6 is 0 Å². The molecule has 0 radical (unpaired) electrons. The quantitative estimate of drug-likeness (QED) is 0.338. The second kappa shape index (κ2) is 9.47. The first-order valence-electron chi connectivity index (χ1n) is 10.6. The molecule has 1 aromatic carbocycles. The molecule has 0 saturated heterocycles. The Morgan fingerprint density at radius 1 is 0.912 bits per heavy atom. The number of benzene rings is 1. The van der Waals surface area contributed by atoms with E-state index in [9.17, 15) is 4.79 Å². The van der Waals surface area contributed by atoms with Crippen LogP contribution in [-0.2, 0) is 0 Å². The van der Waals surface area contributed by atoms with Gasteiger partial charge in [0.2, 0.25) is 0 Å². The van der Waals surface area contributed by atoms with Crippen LogP contribution in [0.5, 0.6) is 0 Å². The van der Waals surface area contributed by atoms with Crippen LogP contribution in [0, 0.1) is 0 Å². The molecule has 0 aliphatic rings. The molecule has 0 atom stereocenters. The van der Waals surface area contributed by atoms with Crippen LogP contribution in [0.4, 0.5) is 11.7 Å². The molecule has 0 saturated carbocycles. The van der Waals surface area contributed by atoms with Crippen molar-refractivity contribution >= 4 is 28.7 Å². The zero-order chi connectivity index (χ0) is 23.3. The Balaban J connectivity index is 1.49. The minimum atomic E-state index is -0.353. The molecular formula is C25H20N6O3. The van der Waals surface area contributed by atoms with Gasteiger partial charge in [0.1, 0.15) is 11.2 Å². The van der Waals surface area contributed by atoms with Crippen LogP contribution in [0.1, 0.15) is 10.5 Å². The maximum absolute atomic E-state index is 13.0. The van der Waals surface area contributed by atoms with E-state index in [1.54, 1.807) is 43.0 Å². The van der Waals surface area contributed by atoms with Gasteiger partial charge in [0, 0.05) is 54.2 Å².